The zero-order chi connectivity index (χ0) is 11.9. The monoisotopic (exact) mass is 233 g/mol. The number of imidazole rings is 1. The van der Waals surface area contributed by atoms with Gasteiger partial charge in [0.2, 0.25) is 0 Å². The van der Waals surface area contributed by atoms with Crippen molar-refractivity contribution in [2.45, 2.75) is 37.5 Å². The number of aromatic amines is 1. The van der Waals surface area contributed by atoms with E-state index < -0.39 is 11.4 Å². The van der Waals surface area contributed by atoms with E-state index in [4.69, 9.17) is 0 Å². The fraction of sp³-hybridized carbons (Fsp3) is 0.500. The molecule has 1 saturated carbocycles. The molecule has 2 heterocycles. The summed E-state index contributed by atoms with van der Waals surface area (Å²) in [4.78, 5) is 16.1. The van der Waals surface area contributed by atoms with Crippen LogP contribution < -0.4 is 0 Å². The standard InChI is InChI=1S/C12H15N3O2/c16-11(17)12(5-2-1-3-6-12)9-8-15-10(14-9)4-7-13-15/h4,7-8,13H,1-3,5-6H2,(H,16,17). The average Bonchev–Trinajstić information content (AvgIpc) is 2.89. The molecule has 0 radical (unpaired) electrons. The first-order chi connectivity index (χ1) is 8.22. The van der Waals surface area contributed by atoms with Gasteiger partial charge in [-0.15, -0.1) is 0 Å². The zero-order valence-electron chi connectivity index (χ0n) is 9.52. The van der Waals surface area contributed by atoms with Gasteiger partial charge in [-0.05, 0) is 12.8 Å². The number of nitrogens with zero attached hydrogens (tertiary/aromatic N) is 2. The summed E-state index contributed by atoms with van der Waals surface area (Å²) >= 11 is 0. The van der Waals surface area contributed by atoms with E-state index in [1.54, 1.807) is 10.7 Å². The number of nitrogens with one attached hydrogen (secondary N) is 1. The van der Waals surface area contributed by atoms with Crippen LogP contribution in [0.15, 0.2) is 18.5 Å². The van der Waals surface area contributed by atoms with Crippen molar-refractivity contribution in [1.82, 2.24) is 14.6 Å². The highest BCUT2D eigenvalue weighted by Gasteiger charge is 2.43. The van der Waals surface area contributed by atoms with Gasteiger partial charge < -0.3 is 10.2 Å². The van der Waals surface area contributed by atoms with E-state index in [0.29, 0.717) is 18.5 Å². The smallest absolute Gasteiger partial charge is 0.315 e. The molecule has 2 aromatic heterocycles. The molecule has 1 aliphatic carbocycles. The topological polar surface area (TPSA) is 70.4 Å². The van der Waals surface area contributed by atoms with Gasteiger partial charge in [0.15, 0.2) is 5.65 Å². The first-order valence-electron chi connectivity index (χ1n) is 5.99. The van der Waals surface area contributed by atoms with Crippen LogP contribution in [-0.4, -0.2) is 25.7 Å². The number of hydrogen-bond acceptors (Lipinski definition) is 2. The summed E-state index contributed by atoms with van der Waals surface area (Å²) in [6, 6.07) is 1.85. The third-order valence-electron chi connectivity index (χ3n) is 3.79. The van der Waals surface area contributed by atoms with Crippen molar-refractivity contribution in [3.8, 4) is 0 Å². The number of carboxylic acid groups (broad SMARTS) is 1. The number of carboxylic acids is 1. The van der Waals surface area contributed by atoms with Crippen molar-refractivity contribution in [2.75, 3.05) is 0 Å². The Morgan fingerprint density at radius 2 is 2.18 bits per heavy atom. The van der Waals surface area contributed by atoms with Crippen molar-refractivity contribution >= 4 is 11.6 Å². The molecule has 1 aliphatic rings. The molecule has 0 amide bonds. The molecule has 3 rings (SSSR count). The summed E-state index contributed by atoms with van der Waals surface area (Å²) < 4.78 is 1.77. The maximum absolute atomic E-state index is 11.6. The van der Waals surface area contributed by atoms with E-state index in [0.717, 1.165) is 24.9 Å². The van der Waals surface area contributed by atoms with Crippen LogP contribution in [0.3, 0.4) is 0 Å². The lowest BCUT2D eigenvalue weighted by Gasteiger charge is -2.31. The van der Waals surface area contributed by atoms with Crippen LogP contribution in [0.4, 0.5) is 0 Å². The lowest BCUT2D eigenvalue weighted by Crippen LogP contribution is -2.38. The number of H-pyrrole nitrogens is 1. The molecule has 0 aromatic carbocycles. The second-order valence-corrected chi connectivity index (χ2v) is 4.76. The second kappa shape index (κ2) is 3.61. The third kappa shape index (κ3) is 1.45. The van der Waals surface area contributed by atoms with Crippen LogP contribution in [-0.2, 0) is 10.2 Å². The number of aromatic nitrogens is 3. The summed E-state index contributed by atoms with van der Waals surface area (Å²) in [6.45, 7) is 0. The van der Waals surface area contributed by atoms with Gasteiger partial charge in [0.05, 0.1) is 11.9 Å². The molecule has 0 saturated heterocycles. The molecule has 5 nitrogen and oxygen atoms in total. The van der Waals surface area contributed by atoms with Crippen molar-refractivity contribution < 1.29 is 9.90 Å². The summed E-state index contributed by atoms with van der Waals surface area (Å²) in [5.41, 5.74) is 0.702. The lowest BCUT2D eigenvalue weighted by atomic mass is 9.72. The zero-order valence-corrected chi connectivity index (χ0v) is 9.52. The third-order valence-corrected chi connectivity index (χ3v) is 3.79. The molecule has 1 fully saturated rings. The van der Waals surface area contributed by atoms with Gasteiger partial charge in [-0.3, -0.25) is 4.79 Å². The van der Waals surface area contributed by atoms with Gasteiger partial charge in [0.25, 0.3) is 0 Å². The Hall–Kier alpha value is -1.78. The average molecular weight is 233 g/mol. The number of hydrogen-bond donors (Lipinski definition) is 2. The molecule has 17 heavy (non-hydrogen) atoms. The highest BCUT2D eigenvalue weighted by atomic mass is 16.4. The number of carbonyl (C=O) groups is 1. The normalized spacial score (nSPS) is 19.5. The van der Waals surface area contributed by atoms with Crippen LogP contribution in [0.2, 0.25) is 0 Å². The Morgan fingerprint density at radius 1 is 1.41 bits per heavy atom. The van der Waals surface area contributed by atoms with E-state index in [1.165, 1.54) is 0 Å². The van der Waals surface area contributed by atoms with Gasteiger partial charge in [-0.25, -0.2) is 9.50 Å². The Bertz CT molecular complexity index is 520. The van der Waals surface area contributed by atoms with Gasteiger partial charge in [0, 0.05) is 12.3 Å². The minimum atomic E-state index is -0.773. The number of fused-ring (bicyclic) bond motifs is 1. The van der Waals surface area contributed by atoms with E-state index in [2.05, 4.69) is 10.1 Å². The maximum atomic E-state index is 11.6. The Labute approximate surface area is 98.5 Å². The lowest BCUT2D eigenvalue weighted by molar-refractivity contribution is -0.145. The fourth-order valence-electron chi connectivity index (χ4n) is 2.77. The van der Waals surface area contributed by atoms with E-state index in [-0.39, 0.29) is 0 Å². The summed E-state index contributed by atoms with van der Waals surface area (Å²) in [5, 5.41) is 12.5. The minimum Gasteiger partial charge on any atom is -0.481 e. The Morgan fingerprint density at radius 3 is 2.82 bits per heavy atom. The summed E-state index contributed by atoms with van der Waals surface area (Å²) in [6.07, 6.45) is 8.07. The first-order valence-corrected chi connectivity index (χ1v) is 5.99. The molecule has 90 valence electrons. The highest BCUT2D eigenvalue weighted by molar-refractivity contribution is 5.81. The quantitative estimate of drug-likeness (QED) is 0.832. The molecule has 0 bridgehead atoms. The largest absolute Gasteiger partial charge is 0.481 e. The molecule has 0 unspecified atom stereocenters. The predicted octanol–water partition coefficient (Wildman–Crippen LogP) is 1.95. The molecule has 2 aromatic rings. The van der Waals surface area contributed by atoms with Gasteiger partial charge >= 0.3 is 5.97 Å². The van der Waals surface area contributed by atoms with E-state index in [9.17, 15) is 9.90 Å². The van der Waals surface area contributed by atoms with Crippen molar-refractivity contribution in [3.63, 3.8) is 0 Å². The molecular weight excluding hydrogens is 218 g/mol. The minimum absolute atomic E-state index is 0.691. The number of rotatable bonds is 2. The summed E-state index contributed by atoms with van der Waals surface area (Å²) in [7, 11) is 0. The predicted molar refractivity (Wildman–Crippen MR) is 61.9 cm³/mol. The van der Waals surface area contributed by atoms with Gasteiger partial charge in [-0.2, -0.15) is 0 Å². The van der Waals surface area contributed by atoms with Crippen molar-refractivity contribution in [1.29, 1.82) is 0 Å². The van der Waals surface area contributed by atoms with Gasteiger partial charge in [-0.1, -0.05) is 19.3 Å². The second-order valence-electron chi connectivity index (χ2n) is 4.76. The Kier molecular flexibility index (Phi) is 2.21. The van der Waals surface area contributed by atoms with E-state index >= 15 is 0 Å². The molecule has 0 atom stereocenters. The fourth-order valence-corrected chi connectivity index (χ4v) is 2.77. The SMILES string of the molecule is O=C(O)C1(c2cn3[nH]ccc3n2)CCCCC1. The molecular formula is C12H15N3O2. The summed E-state index contributed by atoms with van der Waals surface area (Å²) in [5.74, 6) is -0.738. The van der Waals surface area contributed by atoms with Crippen LogP contribution in [0.25, 0.3) is 5.65 Å². The van der Waals surface area contributed by atoms with Gasteiger partial charge in [0.1, 0.15) is 5.41 Å². The molecule has 0 spiro atoms. The highest BCUT2D eigenvalue weighted by Crippen LogP contribution is 2.39. The van der Waals surface area contributed by atoms with Crippen LogP contribution in [0.1, 0.15) is 37.8 Å². The van der Waals surface area contributed by atoms with Crippen molar-refractivity contribution in [2.24, 2.45) is 0 Å². The van der Waals surface area contributed by atoms with Crippen molar-refractivity contribution in [3.05, 3.63) is 24.2 Å². The molecule has 0 aliphatic heterocycles. The number of aliphatic carboxylic acids is 1. The van der Waals surface area contributed by atoms with Crippen LogP contribution in [0.5, 0.6) is 0 Å². The van der Waals surface area contributed by atoms with E-state index in [1.807, 2.05) is 12.3 Å². The Balaban J connectivity index is 2.09. The molecule has 2 N–H and O–H groups in total. The molecule has 5 heteroatoms. The van der Waals surface area contributed by atoms with Crippen LogP contribution in [0, 0.1) is 0 Å². The maximum Gasteiger partial charge on any atom is 0.315 e. The van der Waals surface area contributed by atoms with Crippen LogP contribution >= 0.6 is 0 Å². The first kappa shape index (κ1) is 10.4.